The third-order valence-corrected chi connectivity index (χ3v) is 6.86. The Morgan fingerprint density at radius 1 is 1.21 bits per heavy atom. The summed E-state index contributed by atoms with van der Waals surface area (Å²) in [5.41, 5.74) is 0. The van der Waals surface area contributed by atoms with Gasteiger partial charge < -0.3 is 15.3 Å². The number of ketones is 2. The van der Waals surface area contributed by atoms with E-state index in [9.17, 15) is 19.8 Å². The predicted octanol–water partition coefficient (Wildman–Crippen LogP) is 3.59. The van der Waals surface area contributed by atoms with Crippen molar-refractivity contribution in [1.82, 2.24) is 0 Å². The molecular weight excluding hydrogens is 368 g/mol. The number of Topliss-reactive ketones (excluding diaryl/α,β-unsaturated/α-hetero) is 2. The van der Waals surface area contributed by atoms with E-state index in [2.05, 4.69) is 6.92 Å². The van der Waals surface area contributed by atoms with E-state index in [0.717, 1.165) is 25.7 Å². The molecule has 0 aromatic rings. The van der Waals surface area contributed by atoms with E-state index in [1.807, 2.05) is 0 Å². The Balaban J connectivity index is 1.86. The highest BCUT2D eigenvalue weighted by molar-refractivity contribution is 5.90. The van der Waals surface area contributed by atoms with E-state index >= 15 is 0 Å². The highest BCUT2D eigenvalue weighted by atomic mass is 16.3. The van der Waals surface area contributed by atoms with E-state index in [-0.39, 0.29) is 42.9 Å². The second-order valence-corrected chi connectivity index (χ2v) is 9.16. The minimum absolute atomic E-state index is 0.0453. The third-order valence-electron chi connectivity index (χ3n) is 6.86. The molecule has 29 heavy (non-hydrogen) atoms. The minimum atomic E-state index is -0.765. The van der Waals surface area contributed by atoms with E-state index in [1.165, 1.54) is 25.7 Å². The fraction of sp³-hybridized carbons (Fsp3) is 0.833. The summed E-state index contributed by atoms with van der Waals surface area (Å²) >= 11 is 0. The number of carbonyl (C=O) groups excluding carboxylic acids is 2. The summed E-state index contributed by atoms with van der Waals surface area (Å²) in [7, 11) is 0. The molecule has 0 heterocycles. The number of unbranched alkanes of at least 4 members (excludes halogenated alkanes) is 3. The highest BCUT2D eigenvalue weighted by Crippen LogP contribution is 2.38. The Morgan fingerprint density at radius 3 is 2.72 bits per heavy atom. The molecule has 5 nitrogen and oxygen atoms in total. The molecule has 0 radical (unpaired) electrons. The molecule has 2 saturated carbocycles. The lowest BCUT2D eigenvalue weighted by Gasteiger charge is -2.19. The molecule has 166 valence electrons. The van der Waals surface area contributed by atoms with Gasteiger partial charge in [-0.25, -0.2) is 0 Å². The number of rotatable bonds is 13. The Morgan fingerprint density at radius 2 is 2.00 bits per heavy atom. The van der Waals surface area contributed by atoms with Gasteiger partial charge in [-0.05, 0) is 37.5 Å². The quantitative estimate of drug-likeness (QED) is 0.320. The van der Waals surface area contributed by atoms with Crippen LogP contribution in [0.15, 0.2) is 12.2 Å². The maximum Gasteiger partial charge on any atom is 0.139 e. The summed E-state index contributed by atoms with van der Waals surface area (Å²) in [6.07, 6.45) is 12.1. The van der Waals surface area contributed by atoms with Crippen LogP contribution in [0.25, 0.3) is 0 Å². The predicted molar refractivity (Wildman–Crippen MR) is 113 cm³/mol. The number of aliphatic hydroxyl groups excluding tert-OH is 3. The van der Waals surface area contributed by atoms with Gasteiger partial charge in [-0.2, -0.15) is 0 Å². The second kappa shape index (κ2) is 12.6. The zero-order chi connectivity index (χ0) is 21.2. The first-order valence-electron chi connectivity index (χ1n) is 11.7. The standard InChI is InChI=1S/C24H40O5/c1-2-3-7-17-9-10-18(14-17)22(27)12-11-20-21(24(29)16-23(20)28)15-19(26)8-5-4-6-13-25/h11-12,17-18,20-23,25,27-28H,2-10,13-16H2,1H3/b12-11+/t17-,18-,20+,21+,22+,23+/m0/s1. The van der Waals surface area contributed by atoms with Crippen LogP contribution in [0.4, 0.5) is 0 Å². The molecular formula is C24H40O5. The molecule has 0 spiro atoms. The van der Waals surface area contributed by atoms with Gasteiger partial charge in [0.05, 0.1) is 12.2 Å². The summed E-state index contributed by atoms with van der Waals surface area (Å²) in [5.74, 6) is 0.108. The molecule has 0 bridgehead atoms. The summed E-state index contributed by atoms with van der Waals surface area (Å²) < 4.78 is 0. The van der Waals surface area contributed by atoms with Crippen LogP contribution in [-0.4, -0.2) is 45.7 Å². The fourth-order valence-corrected chi connectivity index (χ4v) is 5.02. The molecule has 2 aliphatic rings. The van der Waals surface area contributed by atoms with Gasteiger partial charge in [0.2, 0.25) is 0 Å². The van der Waals surface area contributed by atoms with Gasteiger partial charge in [-0.3, -0.25) is 9.59 Å². The van der Waals surface area contributed by atoms with Crippen LogP contribution in [0.1, 0.15) is 84.0 Å². The number of carbonyl (C=O) groups is 2. The van der Waals surface area contributed by atoms with Crippen LogP contribution in [0.3, 0.4) is 0 Å². The normalized spacial score (nSPS) is 31.0. The Labute approximate surface area is 175 Å². The molecule has 2 fully saturated rings. The monoisotopic (exact) mass is 408 g/mol. The Kier molecular flexibility index (Phi) is 10.5. The smallest absolute Gasteiger partial charge is 0.139 e. The number of hydrogen-bond acceptors (Lipinski definition) is 5. The average Bonchev–Trinajstić information content (AvgIpc) is 3.27. The first-order chi connectivity index (χ1) is 14.0. The zero-order valence-corrected chi connectivity index (χ0v) is 18.0. The van der Waals surface area contributed by atoms with Gasteiger partial charge in [-0.1, -0.05) is 51.2 Å². The van der Waals surface area contributed by atoms with Crippen molar-refractivity contribution in [2.24, 2.45) is 23.7 Å². The Bertz CT molecular complexity index is 543. The summed E-state index contributed by atoms with van der Waals surface area (Å²) in [5, 5.41) is 29.7. The lowest BCUT2D eigenvalue weighted by molar-refractivity contribution is -0.126. The minimum Gasteiger partial charge on any atom is -0.396 e. The summed E-state index contributed by atoms with van der Waals surface area (Å²) in [6.45, 7) is 2.34. The van der Waals surface area contributed by atoms with Crippen molar-refractivity contribution in [2.45, 2.75) is 96.2 Å². The van der Waals surface area contributed by atoms with Crippen LogP contribution < -0.4 is 0 Å². The fourth-order valence-electron chi connectivity index (χ4n) is 5.02. The molecule has 5 heteroatoms. The zero-order valence-electron chi connectivity index (χ0n) is 18.0. The average molecular weight is 409 g/mol. The third kappa shape index (κ3) is 7.62. The van der Waals surface area contributed by atoms with Gasteiger partial charge in [0.15, 0.2) is 0 Å². The van der Waals surface area contributed by atoms with Crippen LogP contribution in [-0.2, 0) is 9.59 Å². The molecule has 0 unspecified atom stereocenters. The van der Waals surface area contributed by atoms with Gasteiger partial charge in [0.25, 0.3) is 0 Å². The van der Waals surface area contributed by atoms with Crippen molar-refractivity contribution in [3.8, 4) is 0 Å². The maximum absolute atomic E-state index is 12.3. The van der Waals surface area contributed by atoms with Gasteiger partial charge in [-0.15, -0.1) is 0 Å². The van der Waals surface area contributed by atoms with Crippen molar-refractivity contribution >= 4 is 11.6 Å². The number of hydrogen-bond donors (Lipinski definition) is 3. The van der Waals surface area contributed by atoms with Crippen molar-refractivity contribution < 1.29 is 24.9 Å². The van der Waals surface area contributed by atoms with Gasteiger partial charge >= 0.3 is 0 Å². The topological polar surface area (TPSA) is 94.8 Å². The Hall–Kier alpha value is -1.04. The molecule has 0 saturated heterocycles. The van der Waals surface area contributed by atoms with E-state index in [1.54, 1.807) is 12.2 Å². The summed E-state index contributed by atoms with van der Waals surface area (Å²) in [6, 6.07) is 0. The van der Waals surface area contributed by atoms with Crippen LogP contribution in [0.5, 0.6) is 0 Å². The van der Waals surface area contributed by atoms with Crippen LogP contribution in [0.2, 0.25) is 0 Å². The lowest BCUT2D eigenvalue weighted by Crippen LogP contribution is -2.23. The van der Waals surface area contributed by atoms with E-state index in [4.69, 9.17) is 5.11 Å². The van der Waals surface area contributed by atoms with Crippen LogP contribution >= 0.6 is 0 Å². The van der Waals surface area contributed by atoms with Crippen molar-refractivity contribution in [1.29, 1.82) is 0 Å². The molecule has 3 N–H and O–H groups in total. The van der Waals surface area contributed by atoms with Crippen molar-refractivity contribution in [2.75, 3.05) is 6.61 Å². The largest absolute Gasteiger partial charge is 0.396 e. The highest BCUT2D eigenvalue weighted by Gasteiger charge is 2.41. The first-order valence-corrected chi connectivity index (χ1v) is 11.7. The molecule has 0 aromatic carbocycles. The molecule has 6 atom stereocenters. The molecule has 2 rings (SSSR count). The van der Waals surface area contributed by atoms with Crippen LogP contribution in [0, 0.1) is 23.7 Å². The van der Waals surface area contributed by atoms with E-state index < -0.39 is 18.1 Å². The van der Waals surface area contributed by atoms with E-state index in [0.29, 0.717) is 18.8 Å². The number of aliphatic hydroxyl groups is 3. The van der Waals surface area contributed by atoms with Crippen molar-refractivity contribution in [3.63, 3.8) is 0 Å². The lowest BCUT2D eigenvalue weighted by atomic mass is 9.87. The first kappa shape index (κ1) is 24.2. The molecule has 0 amide bonds. The molecule has 0 aliphatic heterocycles. The van der Waals surface area contributed by atoms with Gasteiger partial charge in [0, 0.05) is 37.7 Å². The summed E-state index contributed by atoms with van der Waals surface area (Å²) in [4.78, 5) is 24.6. The SMILES string of the molecule is CCCC[C@H]1CC[C@H]([C@H](O)/C=C/[C@H]2[C@H](O)CC(=O)[C@@H]2CC(=O)CCCCCO)C1. The maximum atomic E-state index is 12.3. The van der Waals surface area contributed by atoms with Gasteiger partial charge in [0.1, 0.15) is 11.6 Å². The van der Waals surface area contributed by atoms with Crippen molar-refractivity contribution in [3.05, 3.63) is 12.2 Å². The second-order valence-electron chi connectivity index (χ2n) is 9.16. The molecule has 0 aromatic heterocycles. The molecule has 2 aliphatic carbocycles.